The largest absolute Gasteiger partial charge is 0.353 e. The van der Waals surface area contributed by atoms with Crippen molar-refractivity contribution in [2.24, 2.45) is 11.8 Å². The first kappa shape index (κ1) is 21.1. The molecule has 0 aliphatic carbocycles. The number of benzene rings is 1. The zero-order valence-electron chi connectivity index (χ0n) is 16.3. The minimum atomic E-state index is -0.357. The third kappa shape index (κ3) is 4.19. The van der Waals surface area contributed by atoms with E-state index in [0.29, 0.717) is 31.8 Å². The van der Waals surface area contributed by atoms with Crippen molar-refractivity contribution >= 4 is 40.9 Å². The first-order chi connectivity index (χ1) is 13.2. The molecule has 2 aliphatic rings. The molecular formula is C20H25Cl2N3O3. The lowest BCUT2D eigenvalue weighted by atomic mass is 9.95. The molecule has 2 heterocycles. The normalized spacial score (nSPS) is 19.3. The van der Waals surface area contributed by atoms with Crippen molar-refractivity contribution in [2.75, 3.05) is 19.8 Å². The highest BCUT2D eigenvalue weighted by Crippen LogP contribution is 2.32. The topological polar surface area (TPSA) is 69.7 Å². The highest BCUT2D eigenvalue weighted by molar-refractivity contribution is 6.43. The minimum Gasteiger partial charge on any atom is -0.353 e. The summed E-state index contributed by atoms with van der Waals surface area (Å²) in [5.74, 6) is -0.267. The van der Waals surface area contributed by atoms with Crippen LogP contribution in [0.5, 0.6) is 0 Å². The van der Waals surface area contributed by atoms with Gasteiger partial charge in [0.2, 0.25) is 5.91 Å². The molecule has 1 aromatic carbocycles. The number of nitrogens with zero attached hydrogens (tertiary/aromatic N) is 2. The lowest BCUT2D eigenvalue weighted by Gasteiger charge is -2.33. The van der Waals surface area contributed by atoms with Crippen LogP contribution in [-0.2, 0) is 4.79 Å². The molecule has 0 bridgehead atoms. The van der Waals surface area contributed by atoms with E-state index in [1.54, 1.807) is 0 Å². The Morgan fingerprint density at radius 2 is 1.57 bits per heavy atom. The molecule has 0 saturated carbocycles. The Morgan fingerprint density at radius 3 is 2.04 bits per heavy atom. The number of fused-ring (bicyclic) bond motifs is 1. The van der Waals surface area contributed by atoms with Crippen molar-refractivity contribution in [3.8, 4) is 0 Å². The number of amides is 3. The summed E-state index contributed by atoms with van der Waals surface area (Å²) >= 11 is 12.0. The Morgan fingerprint density at radius 1 is 1.07 bits per heavy atom. The summed E-state index contributed by atoms with van der Waals surface area (Å²) in [5.41, 5.74) is 0.577. The van der Waals surface area contributed by atoms with Gasteiger partial charge in [-0.3, -0.25) is 24.2 Å². The van der Waals surface area contributed by atoms with E-state index in [1.807, 2.05) is 11.8 Å². The van der Waals surface area contributed by atoms with Crippen LogP contribution >= 0.6 is 23.2 Å². The number of nitrogens with one attached hydrogen (secondary N) is 1. The van der Waals surface area contributed by atoms with E-state index in [-0.39, 0.29) is 57.5 Å². The van der Waals surface area contributed by atoms with Gasteiger partial charge in [-0.15, -0.1) is 0 Å². The van der Waals surface area contributed by atoms with Crippen molar-refractivity contribution < 1.29 is 14.4 Å². The molecule has 1 unspecified atom stereocenters. The van der Waals surface area contributed by atoms with E-state index in [2.05, 4.69) is 19.2 Å². The predicted molar refractivity (Wildman–Crippen MR) is 109 cm³/mol. The number of carbonyl (C=O) groups is 3. The average molecular weight is 426 g/mol. The number of hydrogen-bond donors (Lipinski definition) is 1. The first-order valence-electron chi connectivity index (χ1n) is 9.57. The summed E-state index contributed by atoms with van der Waals surface area (Å²) in [5, 5.41) is 3.58. The van der Waals surface area contributed by atoms with Crippen molar-refractivity contribution in [2.45, 2.75) is 39.7 Å². The maximum Gasteiger partial charge on any atom is 0.262 e. The van der Waals surface area contributed by atoms with Gasteiger partial charge in [0.15, 0.2) is 0 Å². The minimum absolute atomic E-state index is 0.0303. The summed E-state index contributed by atoms with van der Waals surface area (Å²) in [7, 11) is 0. The maximum absolute atomic E-state index is 12.6. The molecule has 3 rings (SSSR count). The van der Waals surface area contributed by atoms with E-state index >= 15 is 0 Å². The highest BCUT2D eigenvalue weighted by atomic mass is 35.5. The van der Waals surface area contributed by atoms with Gasteiger partial charge in [-0.25, -0.2) is 0 Å². The van der Waals surface area contributed by atoms with Crippen molar-refractivity contribution in [1.82, 2.24) is 15.1 Å². The molecule has 1 fully saturated rings. The molecule has 0 radical (unpaired) electrons. The maximum atomic E-state index is 12.6. The van der Waals surface area contributed by atoms with Gasteiger partial charge in [0.25, 0.3) is 11.8 Å². The van der Waals surface area contributed by atoms with E-state index in [9.17, 15) is 14.4 Å². The number of piperidine rings is 1. The van der Waals surface area contributed by atoms with Gasteiger partial charge in [0, 0.05) is 25.0 Å². The standard InChI is InChI=1S/C20H25Cl2N3O3/c1-11(2)12(3)23-18(26)13-4-6-24(7-5-13)10-25-19(27)14-8-16(21)17(22)9-15(14)20(25)28/h8-9,11-13H,4-7,10H2,1-3H3,(H,23,26). The lowest BCUT2D eigenvalue weighted by Crippen LogP contribution is -2.48. The number of rotatable bonds is 5. The van der Waals surface area contributed by atoms with E-state index in [1.165, 1.54) is 17.0 Å². The number of hydrogen-bond acceptors (Lipinski definition) is 4. The monoisotopic (exact) mass is 425 g/mol. The fraction of sp³-hybridized carbons (Fsp3) is 0.550. The van der Waals surface area contributed by atoms with Crippen LogP contribution in [0.1, 0.15) is 54.3 Å². The fourth-order valence-electron chi connectivity index (χ4n) is 3.46. The summed E-state index contributed by atoms with van der Waals surface area (Å²) in [6.45, 7) is 7.69. The molecule has 6 nitrogen and oxygen atoms in total. The zero-order valence-corrected chi connectivity index (χ0v) is 17.8. The van der Waals surface area contributed by atoms with Gasteiger partial charge in [0.05, 0.1) is 27.8 Å². The molecule has 1 N–H and O–H groups in total. The molecule has 2 aliphatic heterocycles. The van der Waals surface area contributed by atoms with Crippen LogP contribution in [0.25, 0.3) is 0 Å². The molecular weight excluding hydrogens is 401 g/mol. The van der Waals surface area contributed by atoms with Crippen LogP contribution in [-0.4, -0.2) is 53.3 Å². The summed E-state index contributed by atoms with van der Waals surface area (Å²) < 4.78 is 0. The second-order valence-corrected chi connectivity index (χ2v) is 8.74. The van der Waals surface area contributed by atoms with Crippen LogP contribution in [0.2, 0.25) is 10.0 Å². The Kier molecular flexibility index (Phi) is 6.32. The molecule has 0 spiro atoms. The number of carbonyl (C=O) groups excluding carboxylic acids is 3. The summed E-state index contributed by atoms with van der Waals surface area (Å²) in [4.78, 5) is 40.9. The Labute approximate surface area is 175 Å². The van der Waals surface area contributed by atoms with E-state index in [0.717, 1.165) is 0 Å². The zero-order chi connectivity index (χ0) is 20.6. The fourth-order valence-corrected chi connectivity index (χ4v) is 3.78. The molecule has 0 aromatic heterocycles. The van der Waals surface area contributed by atoms with Gasteiger partial charge in [-0.05, 0) is 37.8 Å². The van der Waals surface area contributed by atoms with Crippen molar-refractivity contribution in [1.29, 1.82) is 0 Å². The van der Waals surface area contributed by atoms with Gasteiger partial charge in [0.1, 0.15) is 0 Å². The molecule has 1 atom stereocenters. The number of imide groups is 1. The van der Waals surface area contributed by atoms with Crippen molar-refractivity contribution in [3.05, 3.63) is 33.3 Å². The van der Waals surface area contributed by atoms with Crippen LogP contribution in [0.4, 0.5) is 0 Å². The van der Waals surface area contributed by atoms with Crippen molar-refractivity contribution in [3.63, 3.8) is 0 Å². The Bertz CT molecular complexity index is 763. The highest BCUT2D eigenvalue weighted by Gasteiger charge is 2.38. The molecule has 1 saturated heterocycles. The smallest absolute Gasteiger partial charge is 0.262 e. The molecule has 152 valence electrons. The third-order valence-corrected chi connectivity index (χ3v) is 6.40. The lowest BCUT2D eigenvalue weighted by molar-refractivity contribution is -0.127. The SMILES string of the molecule is CC(C)C(C)NC(=O)C1CCN(CN2C(=O)c3cc(Cl)c(Cl)cc3C2=O)CC1. The molecule has 8 heteroatoms. The third-order valence-electron chi connectivity index (χ3n) is 5.68. The van der Waals surface area contributed by atoms with Crippen LogP contribution in [0.3, 0.4) is 0 Å². The van der Waals surface area contributed by atoms with E-state index < -0.39 is 0 Å². The first-order valence-corrected chi connectivity index (χ1v) is 10.3. The average Bonchev–Trinajstić information content (AvgIpc) is 2.87. The van der Waals surface area contributed by atoms with Gasteiger partial charge < -0.3 is 5.32 Å². The second-order valence-electron chi connectivity index (χ2n) is 7.93. The molecule has 28 heavy (non-hydrogen) atoms. The van der Waals surface area contributed by atoms with Crippen LogP contribution < -0.4 is 5.32 Å². The summed E-state index contributed by atoms with van der Waals surface area (Å²) in [6, 6.07) is 3.04. The van der Waals surface area contributed by atoms with Crippen LogP contribution in [0.15, 0.2) is 12.1 Å². The Hall–Kier alpha value is -1.63. The van der Waals surface area contributed by atoms with Gasteiger partial charge in [-0.1, -0.05) is 37.0 Å². The Balaban J connectivity index is 1.57. The van der Waals surface area contributed by atoms with Crippen LogP contribution in [0, 0.1) is 11.8 Å². The quantitative estimate of drug-likeness (QED) is 0.733. The molecule has 3 amide bonds. The number of likely N-dealkylation sites (tertiary alicyclic amines) is 1. The van der Waals surface area contributed by atoms with E-state index in [4.69, 9.17) is 23.2 Å². The van der Waals surface area contributed by atoms with Gasteiger partial charge in [-0.2, -0.15) is 0 Å². The molecule has 1 aromatic rings. The summed E-state index contributed by atoms with van der Waals surface area (Å²) in [6.07, 6.45) is 1.41. The van der Waals surface area contributed by atoms with Gasteiger partial charge >= 0.3 is 0 Å². The predicted octanol–water partition coefficient (Wildman–Crippen LogP) is 3.42. The second kappa shape index (κ2) is 8.39. The number of halogens is 2.